The molecule has 1 aromatic heterocycles. The number of hydrogen-bond donors (Lipinski definition) is 1. The van der Waals surface area contributed by atoms with Gasteiger partial charge in [-0.05, 0) is 19.1 Å². The second-order valence-electron chi connectivity index (χ2n) is 1.87. The summed E-state index contributed by atoms with van der Waals surface area (Å²) in [6, 6.07) is 3.35. The van der Waals surface area contributed by atoms with Crippen molar-refractivity contribution in [1.82, 2.24) is 4.98 Å². The van der Waals surface area contributed by atoms with Crippen molar-refractivity contribution < 1.29 is 5.82 Å². The highest BCUT2D eigenvalue weighted by molar-refractivity contribution is 5.40. The number of anilines is 1. The highest BCUT2D eigenvalue weighted by Gasteiger charge is 1.96. The molecule has 0 aliphatic rings. The molecule has 1 heterocycles. The SMILES string of the molecule is CCNc1cccnc1F.[HH]. The highest BCUT2D eigenvalue weighted by atomic mass is 19.1. The summed E-state index contributed by atoms with van der Waals surface area (Å²) in [4.78, 5) is 3.47. The first-order valence-corrected chi connectivity index (χ1v) is 3.19. The smallest absolute Gasteiger partial charge is 0.236 e. The van der Waals surface area contributed by atoms with Crippen LogP contribution in [0, 0.1) is 5.95 Å². The third-order valence-electron chi connectivity index (χ3n) is 1.13. The van der Waals surface area contributed by atoms with Gasteiger partial charge in [0.1, 0.15) is 0 Å². The number of halogens is 1. The van der Waals surface area contributed by atoms with Crippen molar-refractivity contribution in [1.29, 1.82) is 0 Å². The van der Waals surface area contributed by atoms with Gasteiger partial charge in [-0.15, -0.1) is 0 Å². The van der Waals surface area contributed by atoms with Crippen LogP contribution in [0.4, 0.5) is 10.1 Å². The number of pyridine rings is 1. The van der Waals surface area contributed by atoms with Gasteiger partial charge >= 0.3 is 0 Å². The summed E-state index contributed by atoms with van der Waals surface area (Å²) in [6.45, 7) is 2.62. The molecule has 1 N–H and O–H groups in total. The molecular weight excluding hydrogens is 131 g/mol. The number of nitrogens with one attached hydrogen (secondary N) is 1. The Morgan fingerprint density at radius 2 is 2.60 bits per heavy atom. The summed E-state index contributed by atoms with van der Waals surface area (Å²) in [5.41, 5.74) is 0.463. The number of rotatable bonds is 2. The van der Waals surface area contributed by atoms with E-state index in [4.69, 9.17) is 0 Å². The lowest BCUT2D eigenvalue weighted by Crippen LogP contribution is -1.99. The van der Waals surface area contributed by atoms with Gasteiger partial charge in [-0.2, -0.15) is 4.39 Å². The lowest BCUT2D eigenvalue weighted by atomic mass is 10.4. The van der Waals surface area contributed by atoms with Crippen LogP contribution in [0.25, 0.3) is 0 Å². The zero-order valence-electron chi connectivity index (χ0n) is 5.76. The molecule has 0 bridgehead atoms. The van der Waals surface area contributed by atoms with Gasteiger partial charge in [0, 0.05) is 14.2 Å². The Kier molecular flexibility index (Phi) is 2.20. The standard InChI is InChI=1S/C7H9FN2.H2/c1-2-9-6-4-3-5-10-7(6)8;/h3-5,9H,2H2,1H3;1H. The van der Waals surface area contributed by atoms with Gasteiger partial charge in [0.25, 0.3) is 0 Å². The minimum Gasteiger partial charge on any atom is -0.382 e. The van der Waals surface area contributed by atoms with Crippen LogP contribution in [-0.4, -0.2) is 11.5 Å². The van der Waals surface area contributed by atoms with E-state index in [-0.39, 0.29) is 1.43 Å². The Bertz CT molecular complexity index is 217. The molecule has 0 fully saturated rings. The monoisotopic (exact) mass is 142 g/mol. The molecule has 0 atom stereocenters. The molecular formula is C7H11FN2. The normalized spacial score (nSPS) is 9.40. The number of hydrogen-bond acceptors (Lipinski definition) is 2. The lowest BCUT2D eigenvalue weighted by Gasteiger charge is -2.00. The van der Waals surface area contributed by atoms with E-state index < -0.39 is 5.95 Å². The molecule has 0 unspecified atom stereocenters. The minimum absolute atomic E-state index is 0. The summed E-state index contributed by atoms with van der Waals surface area (Å²) in [6.07, 6.45) is 1.43. The fraction of sp³-hybridized carbons (Fsp3) is 0.286. The molecule has 0 aliphatic carbocycles. The van der Waals surface area contributed by atoms with Gasteiger partial charge in [0.2, 0.25) is 5.95 Å². The summed E-state index contributed by atoms with van der Waals surface area (Å²) in [5, 5.41) is 2.84. The highest BCUT2D eigenvalue weighted by Crippen LogP contribution is 2.07. The van der Waals surface area contributed by atoms with Gasteiger partial charge < -0.3 is 5.32 Å². The molecule has 0 saturated heterocycles. The molecule has 0 aromatic carbocycles. The third-order valence-corrected chi connectivity index (χ3v) is 1.13. The largest absolute Gasteiger partial charge is 0.382 e. The average Bonchev–Trinajstić information content (AvgIpc) is 1.94. The second-order valence-corrected chi connectivity index (χ2v) is 1.87. The van der Waals surface area contributed by atoms with Crippen molar-refractivity contribution in [3.63, 3.8) is 0 Å². The van der Waals surface area contributed by atoms with E-state index in [2.05, 4.69) is 10.3 Å². The summed E-state index contributed by atoms with van der Waals surface area (Å²) < 4.78 is 12.6. The van der Waals surface area contributed by atoms with E-state index in [9.17, 15) is 4.39 Å². The van der Waals surface area contributed by atoms with Crippen molar-refractivity contribution in [3.8, 4) is 0 Å². The molecule has 2 nitrogen and oxygen atoms in total. The Morgan fingerprint density at radius 1 is 1.80 bits per heavy atom. The average molecular weight is 142 g/mol. The molecule has 0 spiro atoms. The molecule has 0 aliphatic heterocycles. The van der Waals surface area contributed by atoms with Gasteiger partial charge in [-0.1, -0.05) is 0 Å². The predicted octanol–water partition coefficient (Wildman–Crippen LogP) is 1.90. The van der Waals surface area contributed by atoms with Crippen molar-refractivity contribution in [2.24, 2.45) is 0 Å². The maximum atomic E-state index is 12.6. The molecule has 0 radical (unpaired) electrons. The van der Waals surface area contributed by atoms with E-state index in [1.54, 1.807) is 12.1 Å². The van der Waals surface area contributed by atoms with Gasteiger partial charge in [-0.3, -0.25) is 0 Å². The van der Waals surface area contributed by atoms with Crippen molar-refractivity contribution in [3.05, 3.63) is 24.3 Å². The quantitative estimate of drug-likeness (QED) is 0.638. The fourth-order valence-electron chi connectivity index (χ4n) is 0.708. The fourth-order valence-corrected chi connectivity index (χ4v) is 0.708. The van der Waals surface area contributed by atoms with Crippen LogP contribution in [0.15, 0.2) is 18.3 Å². The van der Waals surface area contributed by atoms with Crippen LogP contribution >= 0.6 is 0 Å². The van der Waals surface area contributed by atoms with E-state index in [0.717, 1.165) is 0 Å². The zero-order chi connectivity index (χ0) is 7.40. The Morgan fingerprint density at radius 3 is 3.20 bits per heavy atom. The molecule has 0 saturated carbocycles. The molecule has 56 valence electrons. The van der Waals surface area contributed by atoms with E-state index in [1.165, 1.54) is 6.20 Å². The van der Waals surface area contributed by atoms with Gasteiger partial charge in [-0.25, -0.2) is 4.98 Å². The lowest BCUT2D eigenvalue weighted by molar-refractivity contribution is 0.587. The van der Waals surface area contributed by atoms with E-state index in [1.807, 2.05) is 6.92 Å². The first-order valence-electron chi connectivity index (χ1n) is 3.19. The molecule has 10 heavy (non-hydrogen) atoms. The van der Waals surface area contributed by atoms with Gasteiger partial charge in [0.05, 0.1) is 5.69 Å². The van der Waals surface area contributed by atoms with Crippen molar-refractivity contribution >= 4 is 5.69 Å². The minimum atomic E-state index is -0.440. The number of aromatic nitrogens is 1. The number of nitrogens with zero attached hydrogens (tertiary/aromatic N) is 1. The van der Waals surface area contributed by atoms with Crippen LogP contribution < -0.4 is 5.32 Å². The van der Waals surface area contributed by atoms with Crippen LogP contribution in [-0.2, 0) is 0 Å². The van der Waals surface area contributed by atoms with E-state index >= 15 is 0 Å². The van der Waals surface area contributed by atoms with Crippen molar-refractivity contribution in [2.45, 2.75) is 6.92 Å². The molecule has 1 aromatic rings. The summed E-state index contributed by atoms with van der Waals surface area (Å²) in [7, 11) is 0. The predicted molar refractivity (Wildman–Crippen MR) is 40.5 cm³/mol. The van der Waals surface area contributed by atoms with Crippen molar-refractivity contribution in [2.75, 3.05) is 11.9 Å². The first-order chi connectivity index (χ1) is 4.84. The second kappa shape index (κ2) is 3.15. The molecule has 1 rings (SSSR count). The van der Waals surface area contributed by atoms with E-state index in [0.29, 0.717) is 12.2 Å². The Hall–Kier alpha value is -1.12. The molecule has 3 heteroatoms. The first kappa shape index (κ1) is 6.99. The maximum Gasteiger partial charge on any atom is 0.236 e. The topological polar surface area (TPSA) is 24.9 Å². The Labute approximate surface area is 60.6 Å². The maximum absolute atomic E-state index is 12.6. The molecule has 0 amide bonds. The third kappa shape index (κ3) is 1.43. The zero-order valence-corrected chi connectivity index (χ0v) is 5.76. The van der Waals surface area contributed by atoms with Crippen LogP contribution in [0.2, 0.25) is 0 Å². The van der Waals surface area contributed by atoms with Gasteiger partial charge in [0.15, 0.2) is 0 Å². The van der Waals surface area contributed by atoms with Crippen LogP contribution in [0.3, 0.4) is 0 Å². The van der Waals surface area contributed by atoms with Crippen LogP contribution in [0.1, 0.15) is 8.35 Å². The summed E-state index contributed by atoms with van der Waals surface area (Å²) >= 11 is 0. The Balaban J connectivity index is 0.000001000. The summed E-state index contributed by atoms with van der Waals surface area (Å²) in [5.74, 6) is -0.440. The van der Waals surface area contributed by atoms with Crippen LogP contribution in [0.5, 0.6) is 0 Å².